The third kappa shape index (κ3) is 2.96. The maximum atomic E-state index is 4.64. The van der Waals surface area contributed by atoms with Crippen LogP contribution in [0.4, 0.5) is 0 Å². The van der Waals surface area contributed by atoms with Crippen molar-refractivity contribution in [2.24, 2.45) is 0 Å². The van der Waals surface area contributed by atoms with Crippen molar-refractivity contribution in [1.82, 2.24) is 15.3 Å². The molecule has 1 unspecified atom stereocenters. The molecule has 2 heterocycles. The molecule has 4 heteroatoms. The molecule has 3 aromatic rings. The third-order valence-corrected chi connectivity index (χ3v) is 4.51. The Bertz CT molecular complexity index is 764. The predicted molar refractivity (Wildman–Crippen MR) is 88.9 cm³/mol. The van der Waals surface area contributed by atoms with Gasteiger partial charge >= 0.3 is 0 Å². The van der Waals surface area contributed by atoms with Gasteiger partial charge in [0.15, 0.2) is 0 Å². The summed E-state index contributed by atoms with van der Waals surface area (Å²) in [5.41, 5.74) is 4.42. The maximum absolute atomic E-state index is 4.64. The molecule has 0 aliphatic rings. The van der Waals surface area contributed by atoms with Crippen molar-refractivity contribution >= 4 is 22.2 Å². The lowest BCUT2D eigenvalue weighted by Crippen LogP contribution is -2.21. The molecule has 0 saturated carbocycles. The minimum absolute atomic E-state index is 0.152. The van der Waals surface area contributed by atoms with E-state index in [2.05, 4.69) is 57.9 Å². The molecule has 0 amide bonds. The molecule has 0 saturated heterocycles. The van der Waals surface area contributed by atoms with Crippen LogP contribution in [0.5, 0.6) is 0 Å². The van der Waals surface area contributed by atoms with Gasteiger partial charge in [-0.25, -0.2) is 4.98 Å². The summed E-state index contributed by atoms with van der Waals surface area (Å²) in [4.78, 5) is 9.21. The van der Waals surface area contributed by atoms with Gasteiger partial charge in [-0.1, -0.05) is 19.1 Å². The number of hydrogen-bond acceptors (Lipinski definition) is 4. The lowest BCUT2D eigenvalue weighted by molar-refractivity contribution is 0.626. The first-order valence-electron chi connectivity index (χ1n) is 7.20. The van der Waals surface area contributed by atoms with Crippen molar-refractivity contribution < 1.29 is 0 Å². The normalized spacial score (nSPS) is 12.7. The van der Waals surface area contributed by atoms with E-state index in [9.17, 15) is 0 Å². The number of thiazole rings is 1. The molecule has 0 spiro atoms. The van der Waals surface area contributed by atoms with E-state index in [1.54, 1.807) is 11.3 Å². The highest BCUT2D eigenvalue weighted by molar-refractivity contribution is 7.09. The van der Waals surface area contributed by atoms with Crippen LogP contribution < -0.4 is 5.32 Å². The smallest absolute Gasteiger partial charge is 0.114 e. The monoisotopic (exact) mass is 297 g/mol. The average molecular weight is 297 g/mol. The quantitative estimate of drug-likeness (QED) is 0.790. The molecule has 3 nitrogen and oxygen atoms in total. The number of aromatic nitrogens is 2. The van der Waals surface area contributed by atoms with Crippen LogP contribution >= 0.6 is 11.3 Å². The van der Waals surface area contributed by atoms with Crippen molar-refractivity contribution in [3.8, 4) is 0 Å². The Morgan fingerprint density at radius 3 is 2.67 bits per heavy atom. The Morgan fingerprint density at radius 2 is 1.95 bits per heavy atom. The fourth-order valence-corrected chi connectivity index (χ4v) is 3.38. The molecule has 0 bridgehead atoms. The maximum Gasteiger partial charge on any atom is 0.114 e. The van der Waals surface area contributed by atoms with Crippen LogP contribution in [-0.4, -0.2) is 16.5 Å². The van der Waals surface area contributed by atoms with Gasteiger partial charge in [-0.3, -0.25) is 4.98 Å². The topological polar surface area (TPSA) is 37.8 Å². The summed E-state index contributed by atoms with van der Waals surface area (Å²) in [5, 5.41) is 7.93. The molecule has 3 rings (SSSR count). The molecule has 2 aromatic heterocycles. The van der Waals surface area contributed by atoms with E-state index >= 15 is 0 Å². The minimum atomic E-state index is 0.152. The van der Waals surface area contributed by atoms with E-state index in [4.69, 9.17) is 0 Å². The first-order chi connectivity index (χ1) is 10.2. The zero-order chi connectivity index (χ0) is 14.8. The Labute approximate surface area is 129 Å². The second-order valence-corrected chi connectivity index (χ2v) is 6.11. The Hall–Kier alpha value is -1.78. The first-order valence-corrected chi connectivity index (χ1v) is 8.08. The predicted octanol–water partition coefficient (Wildman–Crippen LogP) is 4.01. The van der Waals surface area contributed by atoms with Crippen molar-refractivity contribution in [1.29, 1.82) is 0 Å². The number of benzene rings is 1. The number of nitrogens with zero attached hydrogens (tertiary/aromatic N) is 2. The van der Waals surface area contributed by atoms with Crippen LogP contribution in [-0.2, 0) is 0 Å². The lowest BCUT2D eigenvalue weighted by Gasteiger charge is -2.16. The molecular formula is C17H19N3S. The highest BCUT2D eigenvalue weighted by atomic mass is 32.1. The van der Waals surface area contributed by atoms with Crippen LogP contribution in [0.2, 0.25) is 0 Å². The van der Waals surface area contributed by atoms with Gasteiger partial charge in [-0.05, 0) is 44.2 Å². The zero-order valence-electron chi connectivity index (χ0n) is 12.6. The molecule has 1 aromatic carbocycles. The highest BCUT2D eigenvalue weighted by Gasteiger charge is 2.16. The van der Waals surface area contributed by atoms with E-state index < -0.39 is 0 Å². The minimum Gasteiger partial charge on any atom is -0.305 e. The van der Waals surface area contributed by atoms with Crippen molar-refractivity contribution in [3.05, 3.63) is 57.7 Å². The summed E-state index contributed by atoms with van der Waals surface area (Å²) < 4.78 is 0. The van der Waals surface area contributed by atoms with E-state index in [1.807, 2.05) is 13.8 Å². The zero-order valence-corrected chi connectivity index (χ0v) is 13.4. The first kappa shape index (κ1) is 14.2. The molecule has 21 heavy (non-hydrogen) atoms. The summed E-state index contributed by atoms with van der Waals surface area (Å²) in [5.74, 6) is 0. The number of pyridine rings is 1. The molecule has 0 fully saturated rings. The summed E-state index contributed by atoms with van der Waals surface area (Å²) in [6.45, 7) is 7.09. The van der Waals surface area contributed by atoms with Crippen LogP contribution in [0.1, 0.15) is 34.9 Å². The van der Waals surface area contributed by atoms with Gasteiger partial charge in [-0.15, -0.1) is 11.3 Å². The van der Waals surface area contributed by atoms with Gasteiger partial charge in [0.25, 0.3) is 0 Å². The number of aryl methyl sites for hydroxylation is 2. The van der Waals surface area contributed by atoms with E-state index in [0.29, 0.717) is 0 Å². The average Bonchev–Trinajstić information content (AvgIpc) is 2.90. The van der Waals surface area contributed by atoms with E-state index in [1.165, 1.54) is 10.9 Å². The van der Waals surface area contributed by atoms with Gasteiger partial charge in [0.2, 0.25) is 0 Å². The fraction of sp³-hybridized carbons (Fsp3) is 0.294. The lowest BCUT2D eigenvalue weighted by atomic mass is 10.0. The Morgan fingerprint density at radius 1 is 1.10 bits per heavy atom. The summed E-state index contributed by atoms with van der Waals surface area (Å²) in [6.07, 6.45) is 0. The molecule has 1 N–H and O–H groups in total. The van der Waals surface area contributed by atoms with Crippen LogP contribution in [0.15, 0.2) is 35.7 Å². The fourth-order valence-electron chi connectivity index (χ4n) is 2.48. The second-order valence-electron chi connectivity index (χ2n) is 5.22. The molecule has 108 valence electrons. The standard InChI is InChI=1S/C17H19N3S/c1-4-18-16(17-20-12(3)10-21-17)14-7-8-15-13(9-14)6-5-11(2)19-15/h5-10,16,18H,4H2,1-3H3. The molecule has 0 aliphatic heterocycles. The number of nitrogens with one attached hydrogen (secondary N) is 1. The van der Waals surface area contributed by atoms with Gasteiger partial charge in [0.1, 0.15) is 5.01 Å². The number of hydrogen-bond donors (Lipinski definition) is 1. The van der Waals surface area contributed by atoms with Crippen molar-refractivity contribution in [2.45, 2.75) is 26.8 Å². The summed E-state index contributed by atoms with van der Waals surface area (Å²) in [7, 11) is 0. The summed E-state index contributed by atoms with van der Waals surface area (Å²) in [6, 6.07) is 10.8. The van der Waals surface area contributed by atoms with Crippen LogP contribution in [0.3, 0.4) is 0 Å². The Balaban J connectivity index is 2.04. The van der Waals surface area contributed by atoms with Gasteiger partial charge < -0.3 is 5.32 Å². The third-order valence-electron chi connectivity index (χ3n) is 3.48. The largest absolute Gasteiger partial charge is 0.305 e. The van der Waals surface area contributed by atoms with Crippen LogP contribution in [0.25, 0.3) is 10.9 Å². The molecule has 0 radical (unpaired) electrons. The summed E-state index contributed by atoms with van der Waals surface area (Å²) >= 11 is 1.71. The SMILES string of the molecule is CCNC(c1ccc2nc(C)ccc2c1)c1nc(C)cs1. The van der Waals surface area contributed by atoms with Gasteiger partial charge in [-0.2, -0.15) is 0 Å². The van der Waals surface area contributed by atoms with Crippen molar-refractivity contribution in [2.75, 3.05) is 6.54 Å². The van der Waals surface area contributed by atoms with E-state index in [-0.39, 0.29) is 6.04 Å². The van der Waals surface area contributed by atoms with Crippen LogP contribution in [0, 0.1) is 13.8 Å². The van der Waals surface area contributed by atoms with Gasteiger partial charge in [0, 0.05) is 22.2 Å². The second kappa shape index (κ2) is 5.92. The number of rotatable bonds is 4. The number of fused-ring (bicyclic) bond motifs is 1. The molecule has 0 aliphatic carbocycles. The molecular weight excluding hydrogens is 278 g/mol. The van der Waals surface area contributed by atoms with Gasteiger partial charge in [0.05, 0.1) is 11.6 Å². The highest BCUT2D eigenvalue weighted by Crippen LogP contribution is 2.27. The Kier molecular flexibility index (Phi) is 3.99. The van der Waals surface area contributed by atoms with E-state index in [0.717, 1.165) is 28.5 Å². The van der Waals surface area contributed by atoms with Crippen molar-refractivity contribution in [3.63, 3.8) is 0 Å². The molecule has 1 atom stereocenters.